The van der Waals surface area contributed by atoms with Gasteiger partial charge >= 0.3 is 0 Å². The van der Waals surface area contributed by atoms with E-state index in [1.807, 2.05) is 49.8 Å². The predicted octanol–water partition coefficient (Wildman–Crippen LogP) is 4.14. The van der Waals surface area contributed by atoms with Crippen molar-refractivity contribution in [2.24, 2.45) is 7.05 Å². The zero-order valence-electron chi connectivity index (χ0n) is 17.9. The summed E-state index contributed by atoms with van der Waals surface area (Å²) in [6, 6.07) is 9.71. The van der Waals surface area contributed by atoms with Crippen molar-refractivity contribution in [2.75, 3.05) is 5.32 Å². The summed E-state index contributed by atoms with van der Waals surface area (Å²) in [5.41, 5.74) is 6.26. The summed E-state index contributed by atoms with van der Waals surface area (Å²) < 4.78 is 1.78. The molecular weight excluding hydrogens is 402 g/mol. The van der Waals surface area contributed by atoms with Crippen molar-refractivity contribution in [2.45, 2.75) is 19.8 Å². The fourth-order valence-corrected chi connectivity index (χ4v) is 3.46. The van der Waals surface area contributed by atoms with Crippen LogP contribution in [0.1, 0.15) is 25.3 Å². The van der Waals surface area contributed by atoms with E-state index in [1.165, 1.54) is 0 Å². The van der Waals surface area contributed by atoms with Crippen LogP contribution in [0, 0.1) is 0 Å². The molecule has 0 aromatic carbocycles. The second-order valence-corrected chi connectivity index (χ2v) is 7.81. The highest BCUT2D eigenvalue weighted by atomic mass is 15.3. The summed E-state index contributed by atoms with van der Waals surface area (Å²) in [4.78, 5) is 9.35. The van der Waals surface area contributed by atoms with Gasteiger partial charge in [0.15, 0.2) is 5.82 Å². The number of hydrogen-bond acceptors (Lipinski definition) is 8. The van der Waals surface area contributed by atoms with Crippen LogP contribution in [-0.2, 0) is 7.05 Å². The summed E-state index contributed by atoms with van der Waals surface area (Å²) in [7, 11) is 1.89. The Balaban J connectivity index is 1.52. The third-order valence-corrected chi connectivity index (χ3v) is 5.13. The Labute approximate surface area is 184 Å². The Kier molecular flexibility index (Phi) is 4.98. The van der Waals surface area contributed by atoms with Crippen LogP contribution in [0.25, 0.3) is 33.4 Å². The van der Waals surface area contributed by atoms with Gasteiger partial charge in [-0.3, -0.25) is 9.67 Å². The van der Waals surface area contributed by atoms with Gasteiger partial charge in [0, 0.05) is 36.1 Å². The van der Waals surface area contributed by atoms with Crippen LogP contribution >= 0.6 is 0 Å². The van der Waals surface area contributed by atoms with Crippen LogP contribution in [0.4, 0.5) is 11.6 Å². The van der Waals surface area contributed by atoms with E-state index in [4.69, 9.17) is 4.98 Å². The van der Waals surface area contributed by atoms with Gasteiger partial charge in [0.25, 0.3) is 0 Å². The first-order valence-electron chi connectivity index (χ1n) is 10.2. The SMILES string of the molecule is CC(C)c1cnnc(Nc2ccc3ncc(-c4cn(C)nc4-c4ccnnc4)cc3n2)c1. The standard InChI is InChI=1S/C23H21N9/c1-14(2)16-9-22(30-27-12-16)29-21-5-4-19-20(28-21)8-17(10-24-19)18-13-32(3)31-23(18)15-6-7-25-26-11-15/h4-14H,1-3H3,(H,28,29,30). The molecule has 0 saturated heterocycles. The van der Waals surface area contributed by atoms with E-state index in [-0.39, 0.29) is 0 Å². The van der Waals surface area contributed by atoms with E-state index in [0.717, 1.165) is 39.0 Å². The molecule has 158 valence electrons. The second kappa shape index (κ2) is 8.10. The van der Waals surface area contributed by atoms with E-state index in [0.29, 0.717) is 17.6 Å². The summed E-state index contributed by atoms with van der Waals surface area (Å²) in [5.74, 6) is 1.70. The van der Waals surface area contributed by atoms with Crippen LogP contribution in [0.15, 0.2) is 61.3 Å². The molecule has 32 heavy (non-hydrogen) atoms. The average Bonchev–Trinajstić information content (AvgIpc) is 3.21. The summed E-state index contributed by atoms with van der Waals surface area (Å²) in [6.07, 6.45) is 8.94. The van der Waals surface area contributed by atoms with Crippen molar-refractivity contribution in [1.82, 2.24) is 40.1 Å². The van der Waals surface area contributed by atoms with Gasteiger partial charge < -0.3 is 5.32 Å². The first-order valence-corrected chi connectivity index (χ1v) is 10.2. The highest BCUT2D eigenvalue weighted by molar-refractivity contribution is 5.86. The third kappa shape index (κ3) is 3.87. The Bertz CT molecular complexity index is 1390. The maximum Gasteiger partial charge on any atom is 0.154 e. The van der Waals surface area contributed by atoms with Gasteiger partial charge in [-0.15, -0.1) is 5.10 Å². The lowest BCUT2D eigenvalue weighted by Crippen LogP contribution is -2.00. The third-order valence-electron chi connectivity index (χ3n) is 5.13. The number of fused-ring (bicyclic) bond motifs is 1. The molecule has 0 radical (unpaired) electrons. The maximum absolute atomic E-state index is 4.75. The zero-order chi connectivity index (χ0) is 22.1. The van der Waals surface area contributed by atoms with E-state index in [2.05, 4.69) is 49.6 Å². The highest BCUT2D eigenvalue weighted by Crippen LogP contribution is 2.31. The van der Waals surface area contributed by atoms with Gasteiger partial charge in [-0.05, 0) is 41.8 Å². The highest BCUT2D eigenvalue weighted by Gasteiger charge is 2.14. The number of hydrogen-bond donors (Lipinski definition) is 1. The lowest BCUT2D eigenvalue weighted by atomic mass is 10.0. The van der Waals surface area contributed by atoms with Crippen LogP contribution in [0.2, 0.25) is 0 Å². The maximum atomic E-state index is 4.75. The zero-order valence-corrected chi connectivity index (χ0v) is 17.9. The molecule has 5 aromatic rings. The minimum atomic E-state index is 0.367. The number of aryl methyl sites for hydroxylation is 1. The first-order chi connectivity index (χ1) is 15.6. The number of nitrogens with zero attached hydrogens (tertiary/aromatic N) is 8. The average molecular weight is 423 g/mol. The molecule has 0 aliphatic rings. The molecule has 5 aromatic heterocycles. The molecule has 0 amide bonds. The molecule has 1 N–H and O–H groups in total. The van der Waals surface area contributed by atoms with Crippen molar-refractivity contribution < 1.29 is 0 Å². The van der Waals surface area contributed by atoms with E-state index in [1.54, 1.807) is 23.3 Å². The number of rotatable bonds is 5. The van der Waals surface area contributed by atoms with E-state index < -0.39 is 0 Å². The van der Waals surface area contributed by atoms with Crippen LogP contribution in [-0.4, -0.2) is 40.1 Å². The lowest BCUT2D eigenvalue weighted by Gasteiger charge is -2.09. The van der Waals surface area contributed by atoms with Crippen molar-refractivity contribution in [3.05, 3.63) is 66.9 Å². The molecule has 0 saturated carbocycles. The number of pyridine rings is 2. The molecule has 9 nitrogen and oxygen atoms in total. The Morgan fingerprint density at radius 3 is 2.59 bits per heavy atom. The summed E-state index contributed by atoms with van der Waals surface area (Å²) >= 11 is 0. The van der Waals surface area contributed by atoms with Crippen LogP contribution < -0.4 is 5.32 Å². The van der Waals surface area contributed by atoms with Gasteiger partial charge in [0.05, 0.1) is 29.6 Å². The van der Waals surface area contributed by atoms with Crippen molar-refractivity contribution in [3.8, 4) is 22.4 Å². The van der Waals surface area contributed by atoms with Gasteiger partial charge in [-0.2, -0.15) is 20.4 Å². The van der Waals surface area contributed by atoms with Gasteiger partial charge in [-0.1, -0.05) is 13.8 Å². The topological polar surface area (TPSA) is 107 Å². The fourth-order valence-electron chi connectivity index (χ4n) is 3.46. The summed E-state index contributed by atoms with van der Waals surface area (Å²) in [5, 5.41) is 23.9. The monoisotopic (exact) mass is 423 g/mol. The molecule has 9 heteroatoms. The molecule has 0 aliphatic carbocycles. The lowest BCUT2D eigenvalue weighted by molar-refractivity contribution is 0.770. The fraction of sp³-hybridized carbons (Fsp3) is 0.174. The van der Waals surface area contributed by atoms with Crippen molar-refractivity contribution >= 4 is 22.7 Å². The Hall–Kier alpha value is -4.27. The smallest absolute Gasteiger partial charge is 0.154 e. The van der Waals surface area contributed by atoms with Crippen molar-refractivity contribution in [1.29, 1.82) is 0 Å². The molecule has 0 atom stereocenters. The normalized spacial score (nSPS) is 11.2. The Morgan fingerprint density at radius 2 is 1.78 bits per heavy atom. The number of anilines is 2. The molecule has 0 bridgehead atoms. The summed E-state index contributed by atoms with van der Waals surface area (Å²) in [6.45, 7) is 4.24. The van der Waals surface area contributed by atoms with Crippen LogP contribution in [0.3, 0.4) is 0 Å². The minimum absolute atomic E-state index is 0.367. The number of nitrogens with one attached hydrogen (secondary N) is 1. The first kappa shape index (κ1) is 19.7. The molecule has 0 unspecified atom stereocenters. The van der Waals surface area contributed by atoms with Crippen LogP contribution in [0.5, 0.6) is 0 Å². The molecule has 5 rings (SSSR count). The molecular formula is C23H21N9. The Morgan fingerprint density at radius 1 is 0.875 bits per heavy atom. The second-order valence-electron chi connectivity index (χ2n) is 7.81. The van der Waals surface area contributed by atoms with Crippen molar-refractivity contribution in [3.63, 3.8) is 0 Å². The molecule has 0 fully saturated rings. The molecule has 0 aliphatic heterocycles. The molecule has 5 heterocycles. The quantitative estimate of drug-likeness (QED) is 0.449. The largest absolute Gasteiger partial charge is 0.323 e. The van der Waals surface area contributed by atoms with Gasteiger partial charge in [0.1, 0.15) is 11.5 Å². The van der Waals surface area contributed by atoms with E-state index in [9.17, 15) is 0 Å². The molecule has 0 spiro atoms. The minimum Gasteiger partial charge on any atom is -0.323 e. The van der Waals surface area contributed by atoms with Gasteiger partial charge in [0.2, 0.25) is 0 Å². The number of aromatic nitrogens is 8. The van der Waals surface area contributed by atoms with E-state index >= 15 is 0 Å². The van der Waals surface area contributed by atoms with Gasteiger partial charge in [-0.25, -0.2) is 4.98 Å². The predicted molar refractivity (Wildman–Crippen MR) is 122 cm³/mol.